The first kappa shape index (κ1) is 11.0. The lowest BCUT2D eigenvalue weighted by molar-refractivity contribution is -0.0575. The standard InChI is InChI=1S/C11H23NO/c1-4-7-11(6-3)10(5-2)13-9-8-12-11/h10,12H,4-9H2,1-3H3. The molecule has 1 aliphatic rings. The van der Waals surface area contributed by atoms with E-state index in [4.69, 9.17) is 4.74 Å². The van der Waals surface area contributed by atoms with E-state index in [-0.39, 0.29) is 5.54 Å². The SMILES string of the molecule is CCCC1(CC)NCCOC1CC. The van der Waals surface area contributed by atoms with Crippen molar-refractivity contribution in [2.24, 2.45) is 0 Å². The summed E-state index contributed by atoms with van der Waals surface area (Å²) in [6.45, 7) is 8.63. The number of nitrogens with one attached hydrogen (secondary N) is 1. The maximum absolute atomic E-state index is 5.82. The van der Waals surface area contributed by atoms with E-state index in [1.165, 1.54) is 19.3 Å². The van der Waals surface area contributed by atoms with Gasteiger partial charge < -0.3 is 10.1 Å². The number of ether oxygens (including phenoxy) is 1. The molecule has 0 aromatic carbocycles. The zero-order chi connectivity index (χ0) is 9.73. The van der Waals surface area contributed by atoms with Crippen LogP contribution in [0, 0.1) is 0 Å². The van der Waals surface area contributed by atoms with Crippen LogP contribution >= 0.6 is 0 Å². The van der Waals surface area contributed by atoms with Crippen LogP contribution in [-0.2, 0) is 4.74 Å². The van der Waals surface area contributed by atoms with Crippen LogP contribution in [0.15, 0.2) is 0 Å². The summed E-state index contributed by atoms with van der Waals surface area (Å²) in [5, 5.41) is 3.66. The van der Waals surface area contributed by atoms with Crippen LogP contribution in [0.2, 0.25) is 0 Å². The van der Waals surface area contributed by atoms with E-state index in [1.54, 1.807) is 0 Å². The molecule has 1 aliphatic heterocycles. The van der Waals surface area contributed by atoms with Gasteiger partial charge in [-0.3, -0.25) is 0 Å². The Hall–Kier alpha value is -0.0800. The number of morpholine rings is 1. The van der Waals surface area contributed by atoms with Crippen LogP contribution in [-0.4, -0.2) is 24.8 Å². The minimum Gasteiger partial charge on any atom is -0.375 e. The molecule has 78 valence electrons. The number of rotatable bonds is 4. The van der Waals surface area contributed by atoms with E-state index in [2.05, 4.69) is 26.1 Å². The van der Waals surface area contributed by atoms with Crippen molar-refractivity contribution in [3.8, 4) is 0 Å². The van der Waals surface area contributed by atoms with Gasteiger partial charge in [0, 0.05) is 12.1 Å². The molecule has 0 aliphatic carbocycles. The van der Waals surface area contributed by atoms with Gasteiger partial charge in [-0.05, 0) is 19.3 Å². The molecule has 1 heterocycles. The smallest absolute Gasteiger partial charge is 0.0754 e. The predicted molar refractivity (Wildman–Crippen MR) is 56.0 cm³/mol. The van der Waals surface area contributed by atoms with Gasteiger partial charge in [0.15, 0.2) is 0 Å². The van der Waals surface area contributed by atoms with Gasteiger partial charge in [-0.25, -0.2) is 0 Å². The van der Waals surface area contributed by atoms with Crippen LogP contribution in [0.5, 0.6) is 0 Å². The first-order valence-corrected chi connectivity index (χ1v) is 5.65. The molecule has 0 spiro atoms. The molecule has 0 bridgehead atoms. The molecule has 1 N–H and O–H groups in total. The summed E-state index contributed by atoms with van der Waals surface area (Å²) in [7, 11) is 0. The highest BCUT2D eigenvalue weighted by atomic mass is 16.5. The largest absolute Gasteiger partial charge is 0.375 e. The Morgan fingerprint density at radius 2 is 2.15 bits per heavy atom. The average molecular weight is 185 g/mol. The van der Waals surface area contributed by atoms with E-state index in [0.717, 1.165) is 19.6 Å². The van der Waals surface area contributed by atoms with Crippen molar-refractivity contribution >= 4 is 0 Å². The summed E-state index contributed by atoms with van der Waals surface area (Å²) in [5.74, 6) is 0. The normalized spacial score (nSPS) is 34.8. The van der Waals surface area contributed by atoms with Gasteiger partial charge in [-0.15, -0.1) is 0 Å². The molecule has 2 unspecified atom stereocenters. The quantitative estimate of drug-likeness (QED) is 0.726. The molecule has 1 saturated heterocycles. The first-order valence-electron chi connectivity index (χ1n) is 5.65. The van der Waals surface area contributed by atoms with Gasteiger partial charge in [-0.1, -0.05) is 27.2 Å². The third-order valence-electron chi connectivity index (χ3n) is 3.21. The summed E-state index contributed by atoms with van der Waals surface area (Å²) in [6.07, 6.45) is 5.20. The first-order chi connectivity index (χ1) is 6.29. The van der Waals surface area contributed by atoms with E-state index in [0.29, 0.717) is 6.10 Å². The minimum atomic E-state index is 0.266. The van der Waals surface area contributed by atoms with Crippen LogP contribution in [0.25, 0.3) is 0 Å². The van der Waals surface area contributed by atoms with Crippen molar-refractivity contribution in [2.45, 2.75) is 58.1 Å². The molecule has 1 fully saturated rings. The Bertz CT molecular complexity index is 145. The molecular weight excluding hydrogens is 162 g/mol. The fourth-order valence-electron chi connectivity index (χ4n) is 2.51. The molecule has 0 aromatic heterocycles. The van der Waals surface area contributed by atoms with Crippen LogP contribution in [0.4, 0.5) is 0 Å². The zero-order valence-electron chi connectivity index (χ0n) is 9.23. The van der Waals surface area contributed by atoms with Crippen LogP contribution in [0.3, 0.4) is 0 Å². The summed E-state index contributed by atoms with van der Waals surface area (Å²) < 4.78 is 5.82. The Morgan fingerprint density at radius 1 is 1.38 bits per heavy atom. The minimum absolute atomic E-state index is 0.266. The highest BCUT2D eigenvalue weighted by Crippen LogP contribution is 2.28. The summed E-state index contributed by atoms with van der Waals surface area (Å²) in [6, 6.07) is 0. The molecular formula is C11H23NO. The highest BCUT2D eigenvalue weighted by Gasteiger charge is 2.37. The monoisotopic (exact) mass is 185 g/mol. The maximum atomic E-state index is 5.82. The second-order valence-electron chi connectivity index (χ2n) is 3.95. The summed E-state index contributed by atoms with van der Waals surface area (Å²) >= 11 is 0. The highest BCUT2D eigenvalue weighted by molar-refractivity contribution is 4.95. The lowest BCUT2D eigenvalue weighted by Gasteiger charge is -2.44. The zero-order valence-corrected chi connectivity index (χ0v) is 9.23. The molecule has 2 atom stereocenters. The van der Waals surface area contributed by atoms with Gasteiger partial charge in [-0.2, -0.15) is 0 Å². The fraction of sp³-hybridized carbons (Fsp3) is 1.00. The van der Waals surface area contributed by atoms with Gasteiger partial charge in [0.05, 0.1) is 12.7 Å². The molecule has 0 aromatic rings. The third-order valence-corrected chi connectivity index (χ3v) is 3.21. The van der Waals surface area contributed by atoms with E-state index < -0.39 is 0 Å². The number of hydrogen-bond donors (Lipinski definition) is 1. The Labute approximate surface area is 82.0 Å². The second kappa shape index (κ2) is 4.97. The Kier molecular flexibility index (Phi) is 4.20. The van der Waals surface area contributed by atoms with Crippen molar-refractivity contribution in [1.29, 1.82) is 0 Å². The predicted octanol–water partition coefficient (Wildman–Crippen LogP) is 2.33. The summed E-state index contributed by atoms with van der Waals surface area (Å²) in [5.41, 5.74) is 0.266. The lowest BCUT2D eigenvalue weighted by Crippen LogP contribution is -2.59. The summed E-state index contributed by atoms with van der Waals surface area (Å²) in [4.78, 5) is 0. The van der Waals surface area contributed by atoms with Gasteiger partial charge >= 0.3 is 0 Å². The molecule has 2 nitrogen and oxygen atoms in total. The third kappa shape index (κ3) is 2.23. The maximum Gasteiger partial charge on any atom is 0.0754 e. The van der Waals surface area contributed by atoms with Crippen molar-refractivity contribution in [1.82, 2.24) is 5.32 Å². The second-order valence-corrected chi connectivity index (χ2v) is 3.95. The van der Waals surface area contributed by atoms with E-state index in [1.807, 2.05) is 0 Å². The Morgan fingerprint density at radius 3 is 2.69 bits per heavy atom. The molecule has 0 amide bonds. The average Bonchev–Trinajstić information content (AvgIpc) is 2.19. The van der Waals surface area contributed by atoms with Crippen LogP contribution in [0.1, 0.15) is 46.5 Å². The Balaban J connectivity index is 2.66. The molecule has 0 radical (unpaired) electrons. The van der Waals surface area contributed by atoms with Crippen molar-refractivity contribution in [3.05, 3.63) is 0 Å². The molecule has 13 heavy (non-hydrogen) atoms. The topological polar surface area (TPSA) is 21.3 Å². The lowest BCUT2D eigenvalue weighted by atomic mass is 9.82. The molecule has 2 heteroatoms. The van der Waals surface area contributed by atoms with Crippen molar-refractivity contribution in [3.63, 3.8) is 0 Å². The van der Waals surface area contributed by atoms with Crippen molar-refractivity contribution < 1.29 is 4.74 Å². The molecule has 1 rings (SSSR count). The number of hydrogen-bond acceptors (Lipinski definition) is 2. The van der Waals surface area contributed by atoms with E-state index >= 15 is 0 Å². The van der Waals surface area contributed by atoms with Gasteiger partial charge in [0.1, 0.15) is 0 Å². The van der Waals surface area contributed by atoms with Gasteiger partial charge in [0.25, 0.3) is 0 Å². The van der Waals surface area contributed by atoms with Crippen molar-refractivity contribution in [2.75, 3.05) is 13.2 Å². The fourth-order valence-corrected chi connectivity index (χ4v) is 2.51. The molecule has 0 saturated carbocycles. The van der Waals surface area contributed by atoms with Gasteiger partial charge in [0.2, 0.25) is 0 Å². The van der Waals surface area contributed by atoms with E-state index in [9.17, 15) is 0 Å². The van der Waals surface area contributed by atoms with Crippen LogP contribution < -0.4 is 5.32 Å².